The van der Waals surface area contributed by atoms with Crippen molar-refractivity contribution in [1.82, 2.24) is 5.32 Å². The van der Waals surface area contributed by atoms with Gasteiger partial charge in [-0.1, -0.05) is 18.2 Å². The summed E-state index contributed by atoms with van der Waals surface area (Å²) >= 11 is 1.11. The van der Waals surface area contributed by atoms with Crippen molar-refractivity contribution in [3.8, 4) is 0 Å². The van der Waals surface area contributed by atoms with Gasteiger partial charge < -0.3 is 10.6 Å². The number of rotatable bonds is 7. The molecule has 1 aliphatic rings. The van der Waals surface area contributed by atoms with E-state index >= 15 is 0 Å². The third kappa shape index (κ3) is 4.87. The van der Waals surface area contributed by atoms with E-state index in [1.165, 1.54) is 12.1 Å². The lowest BCUT2D eigenvalue weighted by atomic mass is 10.1. The van der Waals surface area contributed by atoms with Gasteiger partial charge in [-0.15, -0.1) is 11.3 Å². The van der Waals surface area contributed by atoms with Crippen LogP contribution in [0, 0.1) is 0 Å². The molecule has 3 aromatic rings. The maximum absolute atomic E-state index is 12.6. The normalized spacial score (nSPS) is 13.5. The van der Waals surface area contributed by atoms with Crippen LogP contribution < -0.4 is 15.4 Å². The Hall–Kier alpha value is -3.17. The van der Waals surface area contributed by atoms with Gasteiger partial charge >= 0.3 is 0 Å². The molecular weight excluding hydrogens is 422 g/mol. The summed E-state index contributed by atoms with van der Waals surface area (Å²) in [6, 6.07) is 16.3. The fraction of sp³-hybridized carbons (Fsp3) is 0.143. The molecule has 154 valence electrons. The highest BCUT2D eigenvalue weighted by atomic mass is 32.2. The van der Waals surface area contributed by atoms with Crippen molar-refractivity contribution in [2.75, 3.05) is 10.0 Å². The molecule has 0 spiro atoms. The van der Waals surface area contributed by atoms with Crippen molar-refractivity contribution in [2.45, 2.75) is 23.1 Å². The molecule has 1 saturated carbocycles. The standard InChI is InChI=1S/C21H19N3O4S2/c25-20(22-16-9-10-16)14-4-1-6-17(12-14)23-21(26)15-5-2-7-18(13-15)24-30(27,28)19-8-3-11-29-19/h1-8,11-13,16,24H,9-10H2,(H,22,25)(H,23,26). The van der Waals surface area contributed by atoms with Gasteiger partial charge in [-0.3, -0.25) is 14.3 Å². The fourth-order valence-corrected chi connectivity index (χ4v) is 4.83. The number of carbonyl (C=O) groups is 2. The first-order valence-electron chi connectivity index (χ1n) is 9.29. The Morgan fingerprint density at radius 3 is 2.20 bits per heavy atom. The van der Waals surface area contributed by atoms with Crippen LogP contribution in [-0.2, 0) is 10.0 Å². The molecule has 0 bridgehead atoms. The quantitative estimate of drug-likeness (QED) is 0.520. The number of hydrogen-bond donors (Lipinski definition) is 3. The fourth-order valence-electron chi connectivity index (χ4n) is 2.78. The predicted octanol–water partition coefficient (Wildman–Crippen LogP) is 3.69. The third-order valence-electron chi connectivity index (χ3n) is 4.43. The highest BCUT2D eigenvalue weighted by molar-refractivity contribution is 7.94. The summed E-state index contributed by atoms with van der Waals surface area (Å²) in [5, 5.41) is 7.33. The molecule has 0 radical (unpaired) electrons. The second-order valence-corrected chi connectivity index (χ2v) is 9.76. The molecule has 1 fully saturated rings. The summed E-state index contributed by atoms with van der Waals surface area (Å²) in [4.78, 5) is 24.8. The van der Waals surface area contributed by atoms with E-state index in [2.05, 4.69) is 15.4 Å². The van der Waals surface area contributed by atoms with Crippen LogP contribution in [-0.4, -0.2) is 26.3 Å². The number of nitrogens with one attached hydrogen (secondary N) is 3. The van der Waals surface area contributed by atoms with Gasteiger partial charge in [0.05, 0.1) is 0 Å². The van der Waals surface area contributed by atoms with Crippen LogP contribution in [0.5, 0.6) is 0 Å². The van der Waals surface area contributed by atoms with E-state index < -0.39 is 15.9 Å². The number of anilines is 2. The van der Waals surface area contributed by atoms with Crippen molar-refractivity contribution < 1.29 is 18.0 Å². The van der Waals surface area contributed by atoms with E-state index in [9.17, 15) is 18.0 Å². The Morgan fingerprint density at radius 1 is 0.867 bits per heavy atom. The summed E-state index contributed by atoms with van der Waals surface area (Å²) in [6.07, 6.45) is 1.99. The maximum Gasteiger partial charge on any atom is 0.271 e. The molecule has 0 aliphatic heterocycles. The molecule has 2 aromatic carbocycles. The highest BCUT2D eigenvalue weighted by Gasteiger charge is 2.24. The Labute approximate surface area is 178 Å². The summed E-state index contributed by atoms with van der Waals surface area (Å²) in [5.41, 5.74) is 1.52. The summed E-state index contributed by atoms with van der Waals surface area (Å²) in [6.45, 7) is 0. The van der Waals surface area contributed by atoms with Gasteiger partial charge in [0.15, 0.2) is 0 Å². The van der Waals surface area contributed by atoms with Crippen LogP contribution in [0.4, 0.5) is 11.4 Å². The minimum Gasteiger partial charge on any atom is -0.349 e. The molecule has 1 aliphatic carbocycles. The topological polar surface area (TPSA) is 104 Å². The number of sulfonamides is 1. The monoisotopic (exact) mass is 441 g/mol. The summed E-state index contributed by atoms with van der Waals surface area (Å²) in [5.74, 6) is -0.578. The van der Waals surface area contributed by atoms with E-state index in [1.807, 2.05) is 0 Å². The Kier molecular flexibility index (Phi) is 5.56. The predicted molar refractivity (Wildman–Crippen MR) is 116 cm³/mol. The first kappa shape index (κ1) is 20.1. The van der Waals surface area contributed by atoms with Crippen molar-refractivity contribution in [2.24, 2.45) is 0 Å². The average Bonchev–Trinajstić information content (AvgIpc) is 3.35. The Balaban J connectivity index is 1.46. The molecule has 9 heteroatoms. The molecule has 4 rings (SSSR count). The largest absolute Gasteiger partial charge is 0.349 e. The number of amides is 2. The Morgan fingerprint density at radius 2 is 1.53 bits per heavy atom. The highest BCUT2D eigenvalue weighted by Crippen LogP contribution is 2.22. The van der Waals surface area contributed by atoms with E-state index in [0.717, 1.165) is 24.2 Å². The molecule has 0 unspecified atom stereocenters. The smallest absolute Gasteiger partial charge is 0.271 e. The molecule has 3 N–H and O–H groups in total. The first-order valence-corrected chi connectivity index (χ1v) is 11.7. The zero-order valence-corrected chi connectivity index (χ0v) is 17.4. The third-order valence-corrected chi connectivity index (χ3v) is 7.21. The molecule has 0 atom stereocenters. The molecular formula is C21H19N3O4S2. The van der Waals surface area contributed by atoms with Gasteiger partial charge in [0, 0.05) is 28.5 Å². The van der Waals surface area contributed by atoms with Crippen LogP contribution in [0.1, 0.15) is 33.6 Å². The average molecular weight is 442 g/mol. The summed E-state index contributed by atoms with van der Waals surface area (Å²) < 4.78 is 27.4. The van der Waals surface area contributed by atoms with Gasteiger partial charge in [-0.25, -0.2) is 8.42 Å². The number of carbonyl (C=O) groups excluding carboxylic acids is 2. The number of benzene rings is 2. The zero-order valence-electron chi connectivity index (χ0n) is 15.8. The first-order chi connectivity index (χ1) is 14.4. The zero-order chi connectivity index (χ0) is 21.1. The maximum atomic E-state index is 12.6. The van der Waals surface area contributed by atoms with Gasteiger partial charge in [-0.2, -0.15) is 0 Å². The molecule has 7 nitrogen and oxygen atoms in total. The van der Waals surface area contributed by atoms with E-state index in [-0.39, 0.29) is 27.4 Å². The van der Waals surface area contributed by atoms with E-state index in [1.54, 1.807) is 53.9 Å². The van der Waals surface area contributed by atoms with Crippen molar-refractivity contribution in [3.63, 3.8) is 0 Å². The van der Waals surface area contributed by atoms with Crippen LogP contribution >= 0.6 is 11.3 Å². The second kappa shape index (κ2) is 8.29. The molecule has 2 amide bonds. The minimum atomic E-state index is -3.70. The van der Waals surface area contributed by atoms with E-state index in [0.29, 0.717) is 11.3 Å². The molecule has 30 heavy (non-hydrogen) atoms. The lowest BCUT2D eigenvalue weighted by Gasteiger charge is -2.10. The van der Waals surface area contributed by atoms with Crippen LogP contribution in [0.3, 0.4) is 0 Å². The van der Waals surface area contributed by atoms with Gasteiger partial charge in [0.25, 0.3) is 21.8 Å². The van der Waals surface area contributed by atoms with Crippen LogP contribution in [0.25, 0.3) is 0 Å². The van der Waals surface area contributed by atoms with Gasteiger partial charge in [0.1, 0.15) is 4.21 Å². The van der Waals surface area contributed by atoms with Crippen LogP contribution in [0.2, 0.25) is 0 Å². The molecule has 1 heterocycles. The summed E-state index contributed by atoms with van der Waals surface area (Å²) in [7, 11) is -3.70. The molecule has 0 saturated heterocycles. The van der Waals surface area contributed by atoms with Crippen molar-refractivity contribution in [1.29, 1.82) is 0 Å². The molecule has 1 aromatic heterocycles. The van der Waals surface area contributed by atoms with E-state index in [4.69, 9.17) is 0 Å². The Bertz CT molecular complexity index is 1190. The van der Waals surface area contributed by atoms with Gasteiger partial charge in [-0.05, 0) is 60.7 Å². The lowest BCUT2D eigenvalue weighted by Crippen LogP contribution is -2.25. The SMILES string of the molecule is O=C(Nc1cccc(C(=O)NC2CC2)c1)c1cccc(NS(=O)(=O)c2cccs2)c1. The second-order valence-electron chi connectivity index (χ2n) is 6.90. The lowest BCUT2D eigenvalue weighted by molar-refractivity contribution is 0.0949. The number of hydrogen-bond acceptors (Lipinski definition) is 5. The van der Waals surface area contributed by atoms with Crippen LogP contribution in [0.15, 0.2) is 70.3 Å². The van der Waals surface area contributed by atoms with Crippen molar-refractivity contribution in [3.05, 3.63) is 77.2 Å². The van der Waals surface area contributed by atoms with Crippen molar-refractivity contribution >= 4 is 44.5 Å². The van der Waals surface area contributed by atoms with Gasteiger partial charge in [0.2, 0.25) is 0 Å². The number of thiophene rings is 1. The minimum absolute atomic E-state index is 0.168.